The van der Waals surface area contributed by atoms with Crippen LogP contribution in [0.3, 0.4) is 0 Å². The Morgan fingerprint density at radius 3 is 2.06 bits per heavy atom. The quantitative estimate of drug-likeness (QED) is 0.597. The lowest BCUT2D eigenvalue weighted by Crippen LogP contribution is -2.41. The lowest BCUT2D eigenvalue weighted by molar-refractivity contribution is -0.133. The average Bonchev–Trinajstić information content (AvgIpc) is 3.44. The number of amides is 2. The number of hydrogen-bond donors (Lipinski definition) is 0. The van der Waals surface area contributed by atoms with Gasteiger partial charge < -0.3 is 4.74 Å². The van der Waals surface area contributed by atoms with Gasteiger partial charge in [0.2, 0.25) is 5.91 Å². The maximum Gasteiger partial charge on any atom is 0.417 e. The average molecular weight is 427 g/mol. The maximum absolute atomic E-state index is 13.8. The number of benzene rings is 3. The van der Waals surface area contributed by atoms with Crippen molar-refractivity contribution in [3.05, 3.63) is 108 Å². The van der Waals surface area contributed by atoms with Gasteiger partial charge in [-0.3, -0.25) is 9.69 Å². The second kappa shape index (κ2) is 8.97. The minimum absolute atomic E-state index is 0.0252. The zero-order chi connectivity index (χ0) is 21.9. The van der Waals surface area contributed by atoms with Crippen LogP contribution in [0.4, 0.5) is 4.79 Å². The molecule has 0 bridgehead atoms. The van der Waals surface area contributed by atoms with Gasteiger partial charge in [0.25, 0.3) is 0 Å². The van der Waals surface area contributed by atoms with Gasteiger partial charge in [0.05, 0.1) is 5.92 Å². The summed E-state index contributed by atoms with van der Waals surface area (Å²) in [4.78, 5) is 30.1. The Balaban J connectivity index is 1.43. The first-order chi connectivity index (χ1) is 15.7. The van der Waals surface area contributed by atoms with E-state index in [4.69, 9.17) is 4.74 Å². The Kier molecular flexibility index (Phi) is 5.73. The Hall–Kier alpha value is -3.44. The molecule has 2 aliphatic heterocycles. The predicted octanol–water partition coefficient (Wildman–Crippen LogP) is 4.62. The van der Waals surface area contributed by atoms with Crippen molar-refractivity contribution >= 4 is 12.0 Å². The second-order valence-corrected chi connectivity index (χ2v) is 8.51. The van der Waals surface area contributed by atoms with Crippen molar-refractivity contribution in [1.82, 2.24) is 9.80 Å². The van der Waals surface area contributed by atoms with Crippen molar-refractivity contribution in [2.24, 2.45) is 5.92 Å². The molecule has 2 heterocycles. The first-order valence-electron chi connectivity index (χ1n) is 11.1. The topological polar surface area (TPSA) is 49.9 Å². The molecule has 2 saturated heterocycles. The lowest BCUT2D eigenvalue weighted by atomic mass is 9.87. The highest BCUT2D eigenvalue weighted by Gasteiger charge is 2.47. The molecule has 32 heavy (non-hydrogen) atoms. The standard InChI is InChI=1S/C27H26N2O3/c30-26(29-25(19-32-27(29)31)22-14-8-3-9-15-22)24-18-28(16-20-10-4-1-5-11-20)17-23(24)21-12-6-2-7-13-21/h1-15,23-25H,16-19H2/t23-,24+,25-/m0/s1. The molecule has 5 rings (SSSR count). The molecule has 2 aliphatic rings. The molecule has 5 heteroatoms. The highest BCUT2D eigenvalue weighted by atomic mass is 16.6. The van der Waals surface area contributed by atoms with Gasteiger partial charge in [-0.05, 0) is 16.7 Å². The molecule has 0 spiro atoms. The van der Waals surface area contributed by atoms with Crippen molar-refractivity contribution in [3.8, 4) is 0 Å². The summed E-state index contributed by atoms with van der Waals surface area (Å²) >= 11 is 0. The number of carbonyl (C=O) groups is 2. The summed E-state index contributed by atoms with van der Waals surface area (Å²) in [6, 6.07) is 29.7. The van der Waals surface area contributed by atoms with Gasteiger partial charge in [-0.1, -0.05) is 91.0 Å². The van der Waals surface area contributed by atoms with E-state index in [-0.39, 0.29) is 30.4 Å². The van der Waals surface area contributed by atoms with E-state index in [1.54, 1.807) is 0 Å². The first-order valence-corrected chi connectivity index (χ1v) is 11.1. The first kappa shape index (κ1) is 20.5. The summed E-state index contributed by atoms with van der Waals surface area (Å²) in [5.41, 5.74) is 3.27. The number of hydrogen-bond acceptors (Lipinski definition) is 4. The third-order valence-electron chi connectivity index (χ3n) is 6.48. The largest absolute Gasteiger partial charge is 0.446 e. The van der Waals surface area contributed by atoms with Gasteiger partial charge in [0.1, 0.15) is 12.6 Å². The van der Waals surface area contributed by atoms with E-state index in [0.29, 0.717) is 6.54 Å². The molecule has 0 unspecified atom stereocenters. The highest BCUT2D eigenvalue weighted by molar-refractivity contribution is 5.95. The molecular weight excluding hydrogens is 400 g/mol. The van der Waals surface area contributed by atoms with Crippen molar-refractivity contribution in [1.29, 1.82) is 0 Å². The van der Waals surface area contributed by atoms with Gasteiger partial charge in [-0.2, -0.15) is 0 Å². The monoisotopic (exact) mass is 426 g/mol. The van der Waals surface area contributed by atoms with E-state index in [2.05, 4.69) is 29.2 Å². The van der Waals surface area contributed by atoms with Crippen LogP contribution in [0.1, 0.15) is 28.7 Å². The molecule has 162 valence electrons. The van der Waals surface area contributed by atoms with Crippen molar-refractivity contribution < 1.29 is 14.3 Å². The van der Waals surface area contributed by atoms with Crippen molar-refractivity contribution in [2.45, 2.75) is 18.5 Å². The summed E-state index contributed by atoms with van der Waals surface area (Å²) in [5.74, 6) is -0.430. The minimum atomic E-state index is -0.544. The van der Waals surface area contributed by atoms with Crippen molar-refractivity contribution in [2.75, 3.05) is 19.7 Å². The molecule has 5 nitrogen and oxygen atoms in total. The fraction of sp³-hybridized carbons (Fsp3) is 0.259. The number of rotatable bonds is 5. The molecule has 0 N–H and O–H groups in total. The summed E-state index contributed by atoms with van der Waals surface area (Å²) in [7, 11) is 0. The van der Waals surface area contributed by atoms with Crippen LogP contribution < -0.4 is 0 Å². The Bertz CT molecular complexity index is 1070. The molecule has 0 radical (unpaired) electrons. The van der Waals surface area contributed by atoms with Crippen LogP contribution >= 0.6 is 0 Å². The number of carbonyl (C=O) groups excluding carboxylic acids is 2. The lowest BCUT2D eigenvalue weighted by Gasteiger charge is -2.26. The molecule has 0 aromatic heterocycles. The molecule has 0 saturated carbocycles. The van der Waals surface area contributed by atoms with Crippen LogP contribution in [-0.2, 0) is 16.1 Å². The van der Waals surface area contributed by atoms with E-state index in [1.807, 2.05) is 66.7 Å². The summed E-state index contributed by atoms with van der Waals surface area (Å²) in [6.07, 6.45) is -0.544. The van der Waals surface area contributed by atoms with Gasteiger partial charge in [-0.25, -0.2) is 9.69 Å². The Morgan fingerprint density at radius 2 is 1.41 bits per heavy atom. The minimum Gasteiger partial charge on any atom is -0.446 e. The fourth-order valence-corrected chi connectivity index (χ4v) is 4.91. The van der Waals surface area contributed by atoms with Gasteiger partial charge in [0.15, 0.2) is 0 Å². The van der Waals surface area contributed by atoms with Crippen LogP contribution in [0, 0.1) is 5.92 Å². The molecule has 3 aromatic carbocycles. The smallest absolute Gasteiger partial charge is 0.417 e. The van der Waals surface area contributed by atoms with E-state index >= 15 is 0 Å². The second-order valence-electron chi connectivity index (χ2n) is 8.51. The number of likely N-dealkylation sites (tertiary alicyclic amines) is 1. The van der Waals surface area contributed by atoms with Crippen LogP contribution in [0.2, 0.25) is 0 Å². The number of imide groups is 1. The highest BCUT2D eigenvalue weighted by Crippen LogP contribution is 2.38. The van der Waals surface area contributed by atoms with Crippen LogP contribution in [-0.4, -0.2) is 41.5 Å². The van der Waals surface area contributed by atoms with Crippen molar-refractivity contribution in [3.63, 3.8) is 0 Å². The zero-order valence-corrected chi connectivity index (χ0v) is 17.8. The van der Waals surface area contributed by atoms with E-state index in [1.165, 1.54) is 10.5 Å². The molecule has 0 aliphatic carbocycles. The van der Waals surface area contributed by atoms with Crippen LogP contribution in [0.25, 0.3) is 0 Å². The summed E-state index contributed by atoms with van der Waals surface area (Å²) in [5, 5.41) is 0. The summed E-state index contributed by atoms with van der Waals surface area (Å²) in [6.45, 7) is 2.36. The zero-order valence-electron chi connectivity index (χ0n) is 17.8. The molecular formula is C27H26N2O3. The molecule has 2 fully saturated rings. The maximum atomic E-state index is 13.8. The number of nitrogens with zero attached hydrogens (tertiary/aromatic N) is 2. The summed E-state index contributed by atoms with van der Waals surface area (Å²) < 4.78 is 5.33. The number of cyclic esters (lactones) is 1. The molecule has 2 amide bonds. The van der Waals surface area contributed by atoms with E-state index in [0.717, 1.165) is 24.2 Å². The predicted molar refractivity (Wildman–Crippen MR) is 122 cm³/mol. The Morgan fingerprint density at radius 1 is 0.812 bits per heavy atom. The van der Waals surface area contributed by atoms with Crippen LogP contribution in [0.15, 0.2) is 91.0 Å². The van der Waals surface area contributed by atoms with E-state index < -0.39 is 6.09 Å². The third kappa shape index (κ3) is 4.04. The van der Waals surface area contributed by atoms with Crippen LogP contribution in [0.5, 0.6) is 0 Å². The van der Waals surface area contributed by atoms with Gasteiger partial charge in [-0.15, -0.1) is 0 Å². The Labute approximate surface area is 188 Å². The van der Waals surface area contributed by atoms with Gasteiger partial charge in [0, 0.05) is 25.6 Å². The van der Waals surface area contributed by atoms with E-state index in [9.17, 15) is 9.59 Å². The normalized spacial score (nSPS) is 23.3. The third-order valence-corrected chi connectivity index (χ3v) is 6.48. The number of ether oxygens (including phenoxy) is 1. The van der Waals surface area contributed by atoms with Gasteiger partial charge >= 0.3 is 6.09 Å². The molecule has 3 atom stereocenters. The molecule has 3 aromatic rings. The fourth-order valence-electron chi connectivity index (χ4n) is 4.91. The SMILES string of the molecule is O=C1OC[C@@H](c2ccccc2)N1C(=O)[C@@H]1CN(Cc2ccccc2)C[C@H]1c1ccccc1.